The van der Waals surface area contributed by atoms with Crippen molar-refractivity contribution in [3.05, 3.63) is 35.6 Å². The molecule has 3 heteroatoms. The Morgan fingerprint density at radius 1 is 1.12 bits per heavy atom. The van der Waals surface area contributed by atoms with Crippen molar-refractivity contribution < 1.29 is 14.0 Å². The monoisotopic (exact) mass is 222 g/mol. The lowest BCUT2D eigenvalue weighted by molar-refractivity contribution is -0.123. The fourth-order valence-corrected chi connectivity index (χ4v) is 1.52. The Balaban J connectivity index is 2.95. The topological polar surface area (TPSA) is 34.1 Å². The number of carbonyl (C=O) groups is 2. The van der Waals surface area contributed by atoms with Crippen LogP contribution in [0.1, 0.15) is 31.1 Å². The highest BCUT2D eigenvalue weighted by atomic mass is 19.1. The van der Waals surface area contributed by atoms with E-state index in [0.29, 0.717) is 0 Å². The molecule has 1 atom stereocenters. The van der Waals surface area contributed by atoms with Gasteiger partial charge < -0.3 is 0 Å². The van der Waals surface area contributed by atoms with Crippen molar-refractivity contribution in [1.29, 1.82) is 0 Å². The van der Waals surface area contributed by atoms with Gasteiger partial charge in [0.1, 0.15) is 11.6 Å². The fourth-order valence-electron chi connectivity index (χ4n) is 1.52. The van der Waals surface area contributed by atoms with Gasteiger partial charge in [0.2, 0.25) is 0 Å². The zero-order valence-electron chi connectivity index (χ0n) is 9.66. The average molecular weight is 222 g/mol. The highest BCUT2D eigenvalue weighted by molar-refractivity contribution is 6.10. The Hall–Kier alpha value is -1.51. The van der Waals surface area contributed by atoms with E-state index in [2.05, 4.69) is 0 Å². The van der Waals surface area contributed by atoms with Gasteiger partial charge in [-0.15, -0.1) is 0 Å². The molecule has 0 amide bonds. The summed E-state index contributed by atoms with van der Waals surface area (Å²) < 4.78 is 13.3. The highest BCUT2D eigenvalue weighted by Crippen LogP contribution is 2.16. The first kappa shape index (κ1) is 12.6. The second-order valence-corrected chi connectivity index (χ2v) is 4.12. The second-order valence-electron chi connectivity index (χ2n) is 4.12. The third kappa shape index (κ3) is 2.54. The van der Waals surface area contributed by atoms with Crippen LogP contribution in [0.4, 0.5) is 4.39 Å². The summed E-state index contributed by atoms with van der Waals surface area (Å²) in [6.07, 6.45) is 0. The number of ketones is 2. The normalized spacial score (nSPS) is 12.6. The lowest BCUT2D eigenvalue weighted by Crippen LogP contribution is -2.25. The summed E-state index contributed by atoms with van der Waals surface area (Å²) in [6.45, 7) is 4.98. The minimum absolute atomic E-state index is 0.0102. The molecule has 1 unspecified atom stereocenters. The van der Waals surface area contributed by atoms with Crippen LogP contribution < -0.4 is 0 Å². The maximum Gasteiger partial charge on any atom is 0.175 e. The van der Waals surface area contributed by atoms with Crippen LogP contribution in [0.3, 0.4) is 0 Å². The van der Waals surface area contributed by atoms with Gasteiger partial charge in [0, 0.05) is 5.92 Å². The molecule has 86 valence electrons. The van der Waals surface area contributed by atoms with E-state index < -0.39 is 17.5 Å². The largest absolute Gasteiger partial charge is 0.299 e. The predicted octanol–water partition coefficient (Wildman–Crippen LogP) is 2.87. The molecule has 1 aromatic carbocycles. The summed E-state index contributed by atoms with van der Waals surface area (Å²) >= 11 is 0. The first-order chi connectivity index (χ1) is 7.45. The van der Waals surface area contributed by atoms with E-state index in [1.165, 1.54) is 25.1 Å². The summed E-state index contributed by atoms with van der Waals surface area (Å²) in [5, 5.41) is 0. The number of hydrogen-bond donors (Lipinski definition) is 0. The van der Waals surface area contributed by atoms with Gasteiger partial charge in [0.15, 0.2) is 5.78 Å². The van der Waals surface area contributed by atoms with Gasteiger partial charge in [0.05, 0.1) is 11.5 Å². The van der Waals surface area contributed by atoms with Crippen LogP contribution in [-0.2, 0) is 4.79 Å². The summed E-state index contributed by atoms with van der Waals surface area (Å²) in [4.78, 5) is 23.5. The second kappa shape index (κ2) is 5.01. The third-order valence-electron chi connectivity index (χ3n) is 2.53. The number of halogens is 1. The van der Waals surface area contributed by atoms with Gasteiger partial charge in [-0.2, -0.15) is 0 Å². The molecule has 1 aromatic rings. The van der Waals surface area contributed by atoms with Crippen LogP contribution in [-0.4, -0.2) is 11.6 Å². The number of Topliss-reactive ketones (excluding diaryl/α,β-unsaturated/α-hetero) is 2. The van der Waals surface area contributed by atoms with Gasteiger partial charge in [-0.1, -0.05) is 26.0 Å². The van der Waals surface area contributed by atoms with Crippen molar-refractivity contribution in [2.24, 2.45) is 11.8 Å². The predicted molar refractivity (Wildman–Crippen MR) is 59.7 cm³/mol. The van der Waals surface area contributed by atoms with Crippen LogP contribution in [0.5, 0.6) is 0 Å². The lowest BCUT2D eigenvalue weighted by Gasteiger charge is -2.12. The molecule has 0 saturated heterocycles. The molecule has 0 aliphatic carbocycles. The maximum absolute atomic E-state index is 13.3. The van der Waals surface area contributed by atoms with Crippen molar-refractivity contribution in [2.45, 2.75) is 20.8 Å². The molecule has 0 aliphatic rings. The van der Waals surface area contributed by atoms with Crippen LogP contribution in [0.15, 0.2) is 24.3 Å². The van der Waals surface area contributed by atoms with Crippen LogP contribution in [0.2, 0.25) is 0 Å². The molecule has 16 heavy (non-hydrogen) atoms. The third-order valence-corrected chi connectivity index (χ3v) is 2.53. The summed E-state index contributed by atoms with van der Waals surface area (Å²) in [5.74, 6) is -2.18. The van der Waals surface area contributed by atoms with Crippen molar-refractivity contribution in [1.82, 2.24) is 0 Å². The highest BCUT2D eigenvalue weighted by Gasteiger charge is 2.26. The smallest absolute Gasteiger partial charge is 0.175 e. The van der Waals surface area contributed by atoms with Gasteiger partial charge in [-0.05, 0) is 19.1 Å². The molecule has 0 N–H and O–H groups in total. The Kier molecular flexibility index (Phi) is 3.93. The zero-order chi connectivity index (χ0) is 12.3. The van der Waals surface area contributed by atoms with Crippen LogP contribution in [0, 0.1) is 17.7 Å². The van der Waals surface area contributed by atoms with Gasteiger partial charge in [-0.3, -0.25) is 9.59 Å². The molecule has 0 heterocycles. The van der Waals surface area contributed by atoms with Crippen LogP contribution in [0.25, 0.3) is 0 Å². The Bertz CT molecular complexity index is 410. The minimum Gasteiger partial charge on any atom is -0.299 e. The lowest BCUT2D eigenvalue weighted by atomic mass is 9.90. The van der Waals surface area contributed by atoms with Crippen molar-refractivity contribution >= 4 is 11.6 Å². The zero-order valence-corrected chi connectivity index (χ0v) is 9.66. The first-order valence-corrected chi connectivity index (χ1v) is 5.27. The number of rotatable bonds is 4. The van der Waals surface area contributed by atoms with E-state index in [0.717, 1.165) is 0 Å². The van der Waals surface area contributed by atoms with Crippen LogP contribution >= 0.6 is 0 Å². The maximum atomic E-state index is 13.3. The molecular formula is C13H15FO2. The Morgan fingerprint density at radius 2 is 1.69 bits per heavy atom. The quantitative estimate of drug-likeness (QED) is 0.580. The average Bonchev–Trinajstić information content (AvgIpc) is 2.26. The molecule has 0 bridgehead atoms. The summed E-state index contributed by atoms with van der Waals surface area (Å²) in [6, 6.07) is 5.73. The van der Waals surface area contributed by atoms with Crippen molar-refractivity contribution in [2.75, 3.05) is 0 Å². The number of carbonyl (C=O) groups excluding carboxylic acids is 2. The van der Waals surface area contributed by atoms with E-state index in [1.807, 2.05) is 0 Å². The molecule has 0 saturated carbocycles. The van der Waals surface area contributed by atoms with E-state index in [9.17, 15) is 14.0 Å². The SMILES string of the molecule is CC(C)C(=O)C(C)C(=O)c1ccccc1F. The first-order valence-electron chi connectivity index (χ1n) is 5.27. The van der Waals surface area contributed by atoms with Crippen molar-refractivity contribution in [3.63, 3.8) is 0 Å². The molecule has 1 rings (SSSR count). The Morgan fingerprint density at radius 3 is 2.19 bits per heavy atom. The molecule has 0 radical (unpaired) electrons. The molecule has 2 nitrogen and oxygen atoms in total. The van der Waals surface area contributed by atoms with E-state index in [4.69, 9.17) is 0 Å². The molecule has 0 aliphatic heterocycles. The minimum atomic E-state index is -0.781. The van der Waals surface area contributed by atoms with E-state index in [1.54, 1.807) is 19.9 Å². The van der Waals surface area contributed by atoms with Gasteiger partial charge in [0.25, 0.3) is 0 Å². The fraction of sp³-hybridized carbons (Fsp3) is 0.385. The van der Waals surface area contributed by atoms with Crippen molar-refractivity contribution in [3.8, 4) is 0 Å². The molecule has 0 fully saturated rings. The van der Waals surface area contributed by atoms with Gasteiger partial charge >= 0.3 is 0 Å². The number of hydrogen-bond acceptors (Lipinski definition) is 2. The molecular weight excluding hydrogens is 207 g/mol. The Labute approximate surface area is 94.5 Å². The van der Waals surface area contributed by atoms with Gasteiger partial charge in [-0.25, -0.2) is 4.39 Å². The molecule has 0 aromatic heterocycles. The van der Waals surface area contributed by atoms with E-state index in [-0.39, 0.29) is 17.3 Å². The number of benzene rings is 1. The summed E-state index contributed by atoms with van der Waals surface area (Å²) in [7, 11) is 0. The molecule has 0 spiro atoms. The standard InChI is InChI=1S/C13H15FO2/c1-8(2)12(15)9(3)13(16)10-6-4-5-7-11(10)14/h4-9H,1-3H3. The summed E-state index contributed by atoms with van der Waals surface area (Å²) in [5.41, 5.74) is -0.0102. The van der Waals surface area contributed by atoms with E-state index >= 15 is 0 Å².